The predicted octanol–water partition coefficient (Wildman–Crippen LogP) is 2.98. The third-order valence-electron chi connectivity index (χ3n) is 2.46. The summed E-state index contributed by atoms with van der Waals surface area (Å²) in [6.07, 6.45) is 0. The van der Waals surface area contributed by atoms with Gasteiger partial charge >= 0.3 is 0 Å². The first kappa shape index (κ1) is 10.8. The van der Waals surface area contributed by atoms with Crippen molar-refractivity contribution in [1.29, 1.82) is 0 Å². The molecular weight excluding hydrogens is 174 g/mol. The Balaban J connectivity index is 3.22. The summed E-state index contributed by atoms with van der Waals surface area (Å²) in [6, 6.07) is 4.34. The Hall–Kier alpha value is -1.31. The predicted molar refractivity (Wildman–Crippen MR) is 59.9 cm³/mol. The molecule has 0 bridgehead atoms. The standard InChI is InChI=1S/C12H17NO/c1-8-6-10(3)12(7-9(8)2)11(4)13-14-5/h6-7H,1-5H3. The smallest absolute Gasteiger partial charge is 0.106 e. The lowest BCUT2D eigenvalue weighted by Gasteiger charge is -2.08. The topological polar surface area (TPSA) is 21.6 Å². The molecule has 0 radical (unpaired) electrons. The number of hydrogen-bond acceptors (Lipinski definition) is 2. The van der Waals surface area contributed by atoms with Crippen LogP contribution in [0.1, 0.15) is 29.2 Å². The molecule has 0 aliphatic heterocycles. The highest BCUT2D eigenvalue weighted by Gasteiger charge is 2.04. The Morgan fingerprint density at radius 3 is 2.21 bits per heavy atom. The van der Waals surface area contributed by atoms with Crippen LogP contribution in [-0.2, 0) is 4.84 Å². The summed E-state index contributed by atoms with van der Waals surface area (Å²) in [5.74, 6) is 0. The van der Waals surface area contributed by atoms with Gasteiger partial charge in [0.25, 0.3) is 0 Å². The third kappa shape index (κ3) is 2.13. The molecule has 1 aromatic rings. The van der Waals surface area contributed by atoms with Crippen molar-refractivity contribution in [3.05, 3.63) is 34.4 Å². The molecule has 0 amide bonds. The van der Waals surface area contributed by atoms with Crippen molar-refractivity contribution in [3.63, 3.8) is 0 Å². The van der Waals surface area contributed by atoms with Gasteiger partial charge in [0.2, 0.25) is 0 Å². The van der Waals surface area contributed by atoms with Crippen molar-refractivity contribution in [3.8, 4) is 0 Å². The van der Waals surface area contributed by atoms with Crippen molar-refractivity contribution in [2.75, 3.05) is 7.11 Å². The van der Waals surface area contributed by atoms with Crippen LogP contribution in [0.5, 0.6) is 0 Å². The lowest BCUT2D eigenvalue weighted by Crippen LogP contribution is -2.00. The summed E-state index contributed by atoms with van der Waals surface area (Å²) in [5.41, 5.74) is 5.93. The Labute approximate surface area is 85.6 Å². The fourth-order valence-corrected chi connectivity index (χ4v) is 1.54. The fraction of sp³-hybridized carbons (Fsp3) is 0.417. The monoisotopic (exact) mass is 191 g/mol. The number of hydrogen-bond donors (Lipinski definition) is 0. The van der Waals surface area contributed by atoms with Gasteiger partial charge in [-0.25, -0.2) is 0 Å². The van der Waals surface area contributed by atoms with Gasteiger partial charge in [-0.15, -0.1) is 0 Å². The second kappa shape index (κ2) is 4.27. The van der Waals surface area contributed by atoms with Gasteiger partial charge in [0.1, 0.15) is 7.11 Å². The molecular formula is C12H17NO. The first-order valence-electron chi connectivity index (χ1n) is 4.72. The first-order valence-corrected chi connectivity index (χ1v) is 4.72. The molecule has 1 rings (SSSR count). The van der Waals surface area contributed by atoms with Crippen molar-refractivity contribution in [1.82, 2.24) is 0 Å². The zero-order valence-corrected chi connectivity index (χ0v) is 9.51. The minimum absolute atomic E-state index is 0.924. The zero-order valence-electron chi connectivity index (χ0n) is 9.51. The minimum Gasteiger partial charge on any atom is -0.399 e. The second-order valence-corrected chi connectivity index (χ2v) is 3.61. The Morgan fingerprint density at radius 1 is 1.07 bits per heavy atom. The molecule has 2 nitrogen and oxygen atoms in total. The molecule has 0 heterocycles. The molecule has 0 aromatic heterocycles. The molecule has 0 aliphatic rings. The van der Waals surface area contributed by atoms with E-state index in [1.54, 1.807) is 7.11 Å². The maximum atomic E-state index is 4.77. The summed E-state index contributed by atoms with van der Waals surface area (Å²) in [7, 11) is 1.57. The maximum Gasteiger partial charge on any atom is 0.106 e. The highest BCUT2D eigenvalue weighted by molar-refractivity contribution is 5.99. The Morgan fingerprint density at radius 2 is 1.64 bits per heavy atom. The van der Waals surface area contributed by atoms with Gasteiger partial charge in [0, 0.05) is 5.56 Å². The molecule has 0 unspecified atom stereocenters. The molecule has 14 heavy (non-hydrogen) atoms. The van der Waals surface area contributed by atoms with Gasteiger partial charge < -0.3 is 4.84 Å². The van der Waals surface area contributed by atoms with Gasteiger partial charge in [0.15, 0.2) is 0 Å². The van der Waals surface area contributed by atoms with Crippen molar-refractivity contribution in [2.24, 2.45) is 5.16 Å². The van der Waals surface area contributed by atoms with Crippen LogP contribution in [0.3, 0.4) is 0 Å². The fourth-order valence-electron chi connectivity index (χ4n) is 1.54. The molecule has 0 atom stereocenters. The van der Waals surface area contributed by atoms with Crippen LogP contribution in [0.15, 0.2) is 17.3 Å². The van der Waals surface area contributed by atoms with Gasteiger partial charge in [-0.05, 0) is 50.5 Å². The van der Waals surface area contributed by atoms with E-state index >= 15 is 0 Å². The molecule has 0 fully saturated rings. The lowest BCUT2D eigenvalue weighted by molar-refractivity contribution is 0.213. The lowest BCUT2D eigenvalue weighted by atomic mass is 9.98. The third-order valence-corrected chi connectivity index (χ3v) is 2.46. The highest BCUT2D eigenvalue weighted by Crippen LogP contribution is 2.16. The van der Waals surface area contributed by atoms with Crippen LogP contribution >= 0.6 is 0 Å². The van der Waals surface area contributed by atoms with Gasteiger partial charge in [-0.1, -0.05) is 11.2 Å². The number of aryl methyl sites for hydroxylation is 3. The average molecular weight is 191 g/mol. The number of oxime groups is 1. The van der Waals surface area contributed by atoms with E-state index in [9.17, 15) is 0 Å². The van der Waals surface area contributed by atoms with Crippen LogP contribution in [-0.4, -0.2) is 12.8 Å². The zero-order chi connectivity index (χ0) is 10.7. The van der Waals surface area contributed by atoms with Gasteiger partial charge in [-0.2, -0.15) is 0 Å². The molecule has 0 saturated carbocycles. The van der Waals surface area contributed by atoms with Gasteiger partial charge in [-0.3, -0.25) is 0 Å². The number of benzene rings is 1. The summed E-state index contributed by atoms with van der Waals surface area (Å²) in [6.45, 7) is 8.28. The normalized spacial score (nSPS) is 11.6. The molecule has 0 N–H and O–H groups in total. The van der Waals surface area contributed by atoms with E-state index in [4.69, 9.17) is 4.84 Å². The van der Waals surface area contributed by atoms with E-state index in [1.165, 1.54) is 16.7 Å². The highest BCUT2D eigenvalue weighted by atomic mass is 16.6. The molecule has 2 heteroatoms. The summed E-state index contributed by atoms with van der Waals surface area (Å²) >= 11 is 0. The molecule has 0 spiro atoms. The first-order chi connectivity index (χ1) is 6.56. The maximum absolute atomic E-state index is 4.77. The molecule has 1 aromatic carbocycles. The Bertz CT molecular complexity index is 367. The molecule has 0 saturated heterocycles. The second-order valence-electron chi connectivity index (χ2n) is 3.61. The van der Waals surface area contributed by atoms with E-state index in [1.807, 2.05) is 6.92 Å². The van der Waals surface area contributed by atoms with Crippen molar-refractivity contribution >= 4 is 5.71 Å². The average Bonchev–Trinajstić information content (AvgIpc) is 2.11. The minimum atomic E-state index is 0.924. The largest absolute Gasteiger partial charge is 0.399 e. The molecule has 0 aliphatic carbocycles. The van der Waals surface area contributed by atoms with Crippen LogP contribution in [0.25, 0.3) is 0 Å². The van der Waals surface area contributed by atoms with E-state index in [0.717, 1.165) is 11.3 Å². The van der Waals surface area contributed by atoms with Crippen LogP contribution in [0.4, 0.5) is 0 Å². The van der Waals surface area contributed by atoms with Gasteiger partial charge in [0.05, 0.1) is 5.71 Å². The summed E-state index contributed by atoms with van der Waals surface area (Å²) in [4.78, 5) is 4.77. The quantitative estimate of drug-likeness (QED) is 0.520. The van der Waals surface area contributed by atoms with Crippen LogP contribution in [0, 0.1) is 20.8 Å². The summed E-state index contributed by atoms with van der Waals surface area (Å²) in [5, 5.41) is 3.94. The van der Waals surface area contributed by atoms with E-state index in [0.29, 0.717) is 0 Å². The number of rotatable bonds is 2. The van der Waals surface area contributed by atoms with Crippen LogP contribution < -0.4 is 0 Å². The van der Waals surface area contributed by atoms with Crippen molar-refractivity contribution in [2.45, 2.75) is 27.7 Å². The van der Waals surface area contributed by atoms with E-state index < -0.39 is 0 Å². The summed E-state index contributed by atoms with van der Waals surface area (Å²) < 4.78 is 0. The SMILES string of the molecule is CON=C(C)c1cc(C)c(C)cc1C. The van der Waals surface area contributed by atoms with E-state index in [-0.39, 0.29) is 0 Å². The van der Waals surface area contributed by atoms with Crippen LogP contribution in [0.2, 0.25) is 0 Å². The van der Waals surface area contributed by atoms with E-state index in [2.05, 4.69) is 38.1 Å². The van der Waals surface area contributed by atoms with Crippen molar-refractivity contribution < 1.29 is 4.84 Å². The Kier molecular flexibility index (Phi) is 3.28. The molecule has 76 valence electrons. The number of nitrogens with zero attached hydrogens (tertiary/aromatic N) is 1.